The van der Waals surface area contributed by atoms with E-state index in [0.29, 0.717) is 11.6 Å². The second kappa shape index (κ2) is 7.97. The lowest BCUT2D eigenvalue weighted by molar-refractivity contribution is -0.125. The molecule has 0 unspecified atom stereocenters. The minimum absolute atomic E-state index is 0.0870. The Morgan fingerprint density at radius 3 is 2.61 bits per heavy atom. The van der Waals surface area contributed by atoms with Gasteiger partial charge in [-0.05, 0) is 55.3 Å². The lowest BCUT2D eigenvalue weighted by Crippen LogP contribution is -2.47. The summed E-state index contributed by atoms with van der Waals surface area (Å²) in [5, 5.41) is 15.5. The third-order valence-corrected chi connectivity index (χ3v) is 4.78. The maximum absolute atomic E-state index is 12.7. The van der Waals surface area contributed by atoms with Crippen molar-refractivity contribution < 1.29 is 19.4 Å². The minimum atomic E-state index is -0.746. The zero-order valence-electron chi connectivity index (χ0n) is 16.2. The monoisotopic (exact) mass is 404 g/mol. The number of fused-ring (bicyclic) bond motifs is 1. The summed E-state index contributed by atoms with van der Waals surface area (Å²) in [5.74, 6) is -0.307. The van der Waals surface area contributed by atoms with E-state index in [1.54, 1.807) is 20.8 Å². The Balaban J connectivity index is 1.66. The van der Waals surface area contributed by atoms with Crippen LogP contribution in [0, 0.1) is 0 Å². The van der Waals surface area contributed by atoms with E-state index in [0.717, 1.165) is 16.3 Å². The standard InChI is InChI=1S/C21H25ClN2O4/c1-21(2,3)28-20(27)24-12-17(25)10-18(24)19(26)23-11-13-4-5-15-9-16(22)7-6-14(15)8-13/h4-9,17-18,25H,10-12H2,1-3H3,(H,23,26)/t17-,18+/m1/s1. The second-order valence-electron chi connectivity index (χ2n) is 8.08. The van der Waals surface area contributed by atoms with Crippen LogP contribution in [0.4, 0.5) is 4.79 Å². The molecule has 2 amide bonds. The summed E-state index contributed by atoms with van der Waals surface area (Å²) in [7, 11) is 0. The number of rotatable bonds is 3. The van der Waals surface area contributed by atoms with Gasteiger partial charge in [0.1, 0.15) is 11.6 Å². The first-order valence-corrected chi connectivity index (χ1v) is 9.64. The fourth-order valence-corrected chi connectivity index (χ4v) is 3.45. The van der Waals surface area contributed by atoms with Gasteiger partial charge in [-0.2, -0.15) is 0 Å². The first kappa shape index (κ1) is 20.4. The van der Waals surface area contributed by atoms with E-state index in [1.807, 2.05) is 36.4 Å². The average molecular weight is 405 g/mol. The quantitative estimate of drug-likeness (QED) is 0.820. The van der Waals surface area contributed by atoms with Gasteiger partial charge in [0.05, 0.1) is 12.6 Å². The number of hydrogen-bond acceptors (Lipinski definition) is 4. The maximum Gasteiger partial charge on any atom is 0.411 e. The Hall–Kier alpha value is -2.31. The van der Waals surface area contributed by atoms with Crippen LogP contribution < -0.4 is 5.32 Å². The van der Waals surface area contributed by atoms with Crippen LogP contribution >= 0.6 is 11.6 Å². The number of halogens is 1. The van der Waals surface area contributed by atoms with E-state index in [4.69, 9.17) is 16.3 Å². The second-order valence-corrected chi connectivity index (χ2v) is 8.52. The van der Waals surface area contributed by atoms with Crippen LogP contribution in [0.25, 0.3) is 10.8 Å². The van der Waals surface area contributed by atoms with Crippen molar-refractivity contribution in [3.63, 3.8) is 0 Å². The molecule has 0 aromatic heterocycles. The van der Waals surface area contributed by atoms with E-state index in [2.05, 4.69) is 5.32 Å². The van der Waals surface area contributed by atoms with Gasteiger partial charge in [0.25, 0.3) is 0 Å². The number of ether oxygens (including phenoxy) is 1. The SMILES string of the molecule is CC(C)(C)OC(=O)N1C[C@H](O)C[C@H]1C(=O)NCc1ccc2cc(Cl)ccc2c1. The molecule has 1 aliphatic rings. The molecule has 0 saturated carbocycles. The Morgan fingerprint density at radius 1 is 1.21 bits per heavy atom. The van der Waals surface area contributed by atoms with Crippen LogP contribution in [0.5, 0.6) is 0 Å². The molecule has 0 bridgehead atoms. The molecule has 1 fully saturated rings. The van der Waals surface area contributed by atoms with Crippen molar-refractivity contribution in [1.82, 2.24) is 10.2 Å². The fourth-order valence-electron chi connectivity index (χ4n) is 3.27. The smallest absolute Gasteiger partial charge is 0.411 e. The molecule has 1 saturated heterocycles. The van der Waals surface area contributed by atoms with Crippen molar-refractivity contribution in [2.45, 2.75) is 51.5 Å². The number of amides is 2. The van der Waals surface area contributed by atoms with Gasteiger partial charge in [-0.1, -0.05) is 29.8 Å². The number of likely N-dealkylation sites (tertiary alicyclic amines) is 1. The molecule has 2 aromatic rings. The van der Waals surface area contributed by atoms with Crippen molar-refractivity contribution in [2.24, 2.45) is 0 Å². The summed E-state index contributed by atoms with van der Waals surface area (Å²) in [5.41, 5.74) is 0.269. The van der Waals surface area contributed by atoms with Crippen molar-refractivity contribution in [3.05, 3.63) is 47.0 Å². The maximum atomic E-state index is 12.7. The van der Waals surface area contributed by atoms with Crippen molar-refractivity contribution in [2.75, 3.05) is 6.54 Å². The van der Waals surface area contributed by atoms with E-state index >= 15 is 0 Å². The lowest BCUT2D eigenvalue weighted by atomic mass is 10.1. The number of aliphatic hydroxyl groups is 1. The highest BCUT2D eigenvalue weighted by atomic mass is 35.5. The third-order valence-electron chi connectivity index (χ3n) is 4.54. The molecule has 2 N–H and O–H groups in total. The normalized spacial score (nSPS) is 19.7. The Kier molecular flexibility index (Phi) is 5.82. The molecule has 2 aromatic carbocycles. The zero-order valence-corrected chi connectivity index (χ0v) is 17.0. The molecule has 0 radical (unpaired) electrons. The van der Waals surface area contributed by atoms with Gasteiger partial charge in [0.2, 0.25) is 5.91 Å². The fraction of sp³-hybridized carbons (Fsp3) is 0.429. The summed E-state index contributed by atoms with van der Waals surface area (Å²) >= 11 is 6.01. The number of hydrogen-bond donors (Lipinski definition) is 2. The average Bonchev–Trinajstić information content (AvgIpc) is 3.00. The van der Waals surface area contributed by atoms with Crippen LogP contribution in [0.15, 0.2) is 36.4 Å². The predicted octanol–water partition coefficient (Wildman–Crippen LogP) is 3.48. The molecule has 0 aliphatic carbocycles. The molecule has 1 aliphatic heterocycles. The summed E-state index contributed by atoms with van der Waals surface area (Å²) in [4.78, 5) is 26.3. The lowest BCUT2D eigenvalue weighted by Gasteiger charge is -2.27. The summed E-state index contributed by atoms with van der Waals surface area (Å²) in [6, 6.07) is 10.8. The Morgan fingerprint density at radius 2 is 1.89 bits per heavy atom. The number of carbonyl (C=O) groups excluding carboxylic acids is 2. The number of nitrogens with zero attached hydrogens (tertiary/aromatic N) is 1. The van der Waals surface area contributed by atoms with Gasteiger partial charge in [-0.15, -0.1) is 0 Å². The highest BCUT2D eigenvalue weighted by Crippen LogP contribution is 2.23. The van der Waals surface area contributed by atoms with Crippen molar-refractivity contribution >= 4 is 34.4 Å². The highest BCUT2D eigenvalue weighted by Gasteiger charge is 2.40. The van der Waals surface area contributed by atoms with Crippen LogP contribution in [0.2, 0.25) is 5.02 Å². The van der Waals surface area contributed by atoms with Gasteiger partial charge in [0.15, 0.2) is 0 Å². The van der Waals surface area contributed by atoms with Gasteiger partial charge in [-0.25, -0.2) is 4.79 Å². The highest BCUT2D eigenvalue weighted by molar-refractivity contribution is 6.31. The van der Waals surface area contributed by atoms with E-state index in [9.17, 15) is 14.7 Å². The predicted molar refractivity (Wildman–Crippen MR) is 108 cm³/mol. The van der Waals surface area contributed by atoms with Crippen LogP contribution in [0.1, 0.15) is 32.8 Å². The van der Waals surface area contributed by atoms with E-state index < -0.39 is 23.8 Å². The molecule has 150 valence electrons. The van der Waals surface area contributed by atoms with Gasteiger partial charge in [-0.3, -0.25) is 9.69 Å². The molecule has 3 rings (SSSR count). The number of benzene rings is 2. The van der Waals surface area contributed by atoms with E-state index in [1.165, 1.54) is 4.90 Å². The summed E-state index contributed by atoms with van der Waals surface area (Å²) in [6.07, 6.45) is -1.14. The van der Waals surface area contributed by atoms with E-state index in [-0.39, 0.29) is 18.9 Å². The van der Waals surface area contributed by atoms with Crippen LogP contribution in [-0.2, 0) is 16.1 Å². The van der Waals surface area contributed by atoms with Gasteiger partial charge < -0.3 is 15.2 Å². The molecule has 0 spiro atoms. The number of carbonyl (C=O) groups is 2. The molecule has 2 atom stereocenters. The first-order chi connectivity index (χ1) is 13.1. The molecular weight excluding hydrogens is 380 g/mol. The largest absolute Gasteiger partial charge is 0.444 e. The zero-order chi connectivity index (χ0) is 20.5. The van der Waals surface area contributed by atoms with Crippen molar-refractivity contribution in [3.8, 4) is 0 Å². The first-order valence-electron chi connectivity index (χ1n) is 9.26. The van der Waals surface area contributed by atoms with Gasteiger partial charge in [0, 0.05) is 18.0 Å². The topological polar surface area (TPSA) is 78.9 Å². The minimum Gasteiger partial charge on any atom is -0.444 e. The number of nitrogens with one attached hydrogen (secondary N) is 1. The van der Waals surface area contributed by atoms with Gasteiger partial charge >= 0.3 is 6.09 Å². The Bertz CT molecular complexity index is 894. The molecule has 28 heavy (non-hydrogen) atoms. The number of aliphatic hydroxyl groups excluding tert-OH is 1. The molecular formula is C21H25ClN2O4. The molecule has 6 nitrogen and oxygen atoms in total. The molecule has 7 heteroatoms. The van der Waals surface area contributed by atoms with Crippen LogP contribution in [0.3, 0.4) is 0 Å². The summed E-state index contributed by atoms with van der Waals surface area (Å²) < 4.78 is 5.36. The van der Waals surface area contributed by atoms with Crippen LogP contribution in [-0.4, -0.2) is 46.3 Å². The number of β-amino-alcohol motifs (C(OH)–C–C–N with tert-alkyl or cyclic N) is 1. The molecule has 1 heterocycles. The summed E-state index contributed by atoms with van der Waals surface area (Å²) in [6.45, 7) is 5.70. The Labute approximate surface area is 169 Å². The van der Waals surface area contributed by atoms with Crippen molar-refractivity contribution in [1.29, 1.82) is 0 Å². The third kappa shape index (κ3) is 4.94.